The van der Waals surface area contributed by atoms with Crippen molar-refractivity contribution in [1.29, 1.82) is 0 Å². The Morgan fingerprint density at radius 3 is 2.53 bits per heavy atom. The molecule has 0 bridgehead atoms. The minimum absolute atomic E-state index is 0.116. The maximum Gasteiger partial charge on any atom is 0.306 e. The molecule has 19 heavy (non-hydrogen) atoms. The third-order valence-corrected chi connectivity index (χ3v) is 3.87. The molecule has 1 amide bonds. The molecule has 2 rings (SSSR count). The summed E-state index contributed by atoms with van der Waals surface area (Å²) >= 11 is 0. The molecule has 0 aromatic heterocycles. The Labute approximate surface area is 113 Å². The van der Waals surface area contributed by atoms with Crippen molar-refractivity contribution in [3.63, 3.8) is 0 Å². The molecule has 0 aromatic rings. The first kappa shape index (κ1) is 14.3. The second kappa shape index (κ2) is 6.86. The number of carbonyl (C=O) groups excluding carboxylic acids is 1. The molecular weight excluding hydrogens is 248 g/mol. The van der Waals surface area contributed by atoms with Crippen molar-refractivity contribution in [1.82, 2.24) is 9.80 Å². The average molecular weight is 270 g/mol. The fourth-order valence-corrected chi connectivity index (χ4v) is 2.62. The molecule has 6 nitrogen and oxygen atoms in total. The molecule has 2 fully saturated rings. The Bertz CT molecular complexity index is 319. The number of ether oxygens (including phenoxy) is 1. The molecule has 0 aromatic carbocycles. The van der Waals surface area contributed by atoms with Crippen LogP contribution in [0.4, 0.5) is 0 Å². The summed E-state index contributed by atoms with van der Waals surface area (Å²) in [5.41, 5.74) is 0. The van der Waals surface area contributed by atoms with Gasteiger partial charge in [0.1, 0.15) is 0 Å². The minimum Gasteiger partial charge on any atom is -0.481 e. The number of nitrogens with zero attached hydrogens (tertiary/aromatic N) is 2. The molecule has 0 radical (unpaired) electrons. The molecule has 2 saturated heterocycles. The number of hydrogen-bond acceptors (Lipinski definition) is 4. The fraction of sp³-hybridized carbons (Fsp3) is 0.846. The Hall–Kier alpha value is -1.14. The van der Waals surface area contributed by atoms with E-state index in [1.807, 2.05) is 0 Å². The van der Waals surface area contributed by atoms with Gasteiger partial charge in [0.25, 0.3) is 0 Å². The van der Waals surface area contributed by atoms with Gasteiger partial charge in [-0.2, -0.15) is 0 Å². The van der Waals surface area contributed by atoms with Crippen LogP contribution in [0.5, 0.6) is 0 Å². The largest absolute Gasteiger partial charge is 0.481 e. The first-order valence-corrected chi connectivity index (χ1v) is 6.97. The number of amides is 1. The van der Waals surface area contributed by atoms with Gasteiger partial charge in [0.05, 0.1) is 19.1 Å². The van der Waals surface area contributed by atoms with E-state index in [2.05, 4.69) is 4.90 Å². The van der Waals surface area contributed by atoms with Crippen molar-refractivity contribution >= 4 is 11.9 Å². The van der Waals surface area contributed by atoms with E-state index in [1.165, 1.54) is 0 Å². The summed E-state index contributed by atoms with van der Waals surface area (Å²) < 4.78 is 5.36. The number of carbonyl (C=O) groups is 2. The fourth-order valence-electron chi connectivity index (χ4n) is 2.62. The molecule has 0 aliphatic carbocycles. The zero-order valence-electron chi connectivity index (χ0n) is 11.2. The lowest BCUT2D eigenvalue weighted by molar-refractivity contribution is -0.146. The Morgan fingerprint density at radius 2 is 1.84 bits per heavy atom. The van der Waals surface area contributed by atoms with Crippen LogP contribution >= 0.6 is 0 Å². The standard InChI is InChI=1S/C13H22N2O4/c16-12(10-14-4-1-8-19-9-7-14)15-5-2-11(3-6-15)13(17)18/h11H,1-10H2,(H,17,18). The topological polar surface area (TPSA) is 70.1 Å². The summed E-state index contributed by atoms with van der Waals surface area (Å²) in [6.07, 6.45) is 2.11. The number of carboxylic acids is 1. The highest BCUT2D eigenvalue weighted by molar-refractivity contribution is 5.79. The molecule has 2 aliphatic rings. The van der Waals surface area contributed by atoms with Gasteiger partial charge in [-0.3, -0.25) is 14.5 Å². The minimum atomic E-state index is -0.739. The average Bonchev–Trinajstić information content (AvgIpc) is 2.67. The number of hydrogen-bond donors (Lipinski definition) is 1. The van der Waals surface area contributed by atoms with Gasteiger partial charge in [-0.25, -0.2) is 0 Å². The van der Waals surface area contributed by atoms with Crippen LogP contribution in [-0.4, -0.2) is 72.7 Å². The van der Waals surface area contributed by atoms with Gasteiger partial charge < -0.3 is 14.7 Å². The van der Waals surface area contributed by atoms with E-state index in [9.17, 15) is 9.59 Å². The van der Waals surface area contributed by atoms with Crippen LogP contribution in [0.3, 0.4) is 0 Å². The molecule has 0 spiro atoms. The summed E-state index contributed by atoms with van der Waals surface area (Å²) in [4.78, 5) is 26.9. The zero-order chi connectivity index (χ0) is 13.7. The van der Waals surface area contributed by atoms with Gasteiger partial charge in [-0.15, -0.1) is 0 Å². The van der Waals surface area contributed by atoms with Gasteiger partial charge in [0.2, 0.25) is 5.91 Å². The van der Waals surface area contributed by atoms with Gasteiger partial charge in [0.15, 0.2) is 0 Å². The summed E-state index contributed by atoms with van der Waals surface area (Å²) in [5.74, 6) is -0.904. The number of piperidine rings is 1. The molecule has 1 N–H and O–H groups in total. The van der Waals surface area contributed by atoms with Gasteiger partial charge in [-0.1, -0.05) is 0 Å². The molecule has 2 heterocycles. The van der Waals surface area contributed by atoms with Crippen molar-refractivity contribution in [3.05, 3.63) is 0 Å². The van der Waals surface area contributed by atoms with E-state index in [4.69, 9.17) is 9.84 Å². The normalized spacial score (nSPS) is 23.1. The first-order chi connectivity index (χ1) is 9.16. The summed E-state index contributed by atoms with van der Waals surface area (Å²) in [5, 5.41) is 8.93. The van der Waals surface area contributed by atoms with Crippen molar-refractivity contribution in [3.8, 4) is 0 Å². The highest BCUT2D eigenvalue weighted by Gasteiger charge is 2.27. The van der Waals surface area contributed by atoms with E-state index in [0.29, 0.717) is 39.1 Å². The summed E-state index contributed by atoms with van der Waals surface area (Å²) in [7, 11) is 0. The number of likely N-dealkylation sites (tertiary alicyclic amines) is 1. The van der Waals surface area contributed by atoms with Crippen molar-refractivity contribution in [2.24, 2.45) is 5.92 Å². The zero-order valence-corrected chi connectivity index (χ0v) is 11.2. The Balaban J connectivity index is 1.76. The quantitative estimate of drug-likeness (QED) is 0.783. The van der Waals surface area contributed by atoms with Crippen LogP contribution in [0.25, 0.3) is 0 Å². The second-order valence-electron chi connectivity index (χ2n) is 5.24. The van der Waals surface area contributed by atoms with Gasteiger partial charge in [-0.05, 0) is 19.3 Å². The summed E-state index contributed by atoms with van der Waals surface area (Å²) in [6.45, 7) is 4.74. The lowest BCUT2D eigenvalue weighted by Gasteiger charge is -2.31. The molecular formula is C13H22N2O4. The predicted molar refractivity (Wildman–Crippen MR) is 68.8 cm³/mol. The molecule has 6 heteroatoms. The van der Waals surface area contributed by atoms with E-state index in [0.717, 1.165) is 26.1 Å². The number of carboxylic acid groups (broad SMARTS) is 1. The molecule has 108 valence electrons. The van der Waals surface area contributed by atoms with E-state index < -0.39 is 5.97 Å². The maximum absolute atomic E-state index is 12.2. The number of rotatable bonds is 3. The third-order valence-electron chi connectivity index (χ3n) is 3.87. The lowest BCUT2D eigenvalue weighted by Crippen LogP contribution is -2.45. The van der Waals surface area contributed by atoms with Crippen LogP contribution in [0.2, 0.25) is 0 Å². The predicted octanol–water partition coefficient (Wildman–Crippen LogP) is 0.0319. The molecule has 2 aliphatic heterocycles. The monoisotopic (exact) mass is 270 g/mol. The van der Waals surface area contributed by atoms with Gasteiger partial charge >= 0.3 is 5.97 Å². The number of aliphatic carboxylic acids is 1. The maximum atomic E-state index is 12.2. The SMILES string of the molecule is O=C(O)C1CCN(C(=O)CN2CCCOCC2)CC1. The van der Waals surface area contributed by atoms with Gasteiger partial charge in [0, 0.05) is 32.8 Å². The van der Waals surface area contributed by atoms with Crippen molar-refractivity contribution in [2.75, 3.05) is 45.9 Å². The van der Waals surface area contributed by atoms with Crippen LogP contribution in [-0.2, 0) is 14.3 Å². The highest BCUT2D eigenvalue weighted by Crippen LogP contribution is 2.17. The second-order valence-corrected chi connectivity index (χ2v) is 5.24. The van der Waals surface area contributed by atoms with Crippen LogP contribution in [0.15, 0.2) is 0 Å². The van der Waals surface area contributed by atoms with Crippen molar-refractivity contribution < 1.29 is 19.4 Å². The Kier molecular flexibility index (Phi) is 5.15. The lowest BCUT2D eigenvalue weighted by atomic mass is 9.97. The van der Waals surface area contributed by atoms with Crippen LogP contribution < -0.4 is 0 Å². The van der Waals surface area contributed by atoms with Crippen LogP contribution in [0.1, 0.15) is 19.3 Å². The van der Waals surface area contributed by atoms with Crippen LogP contribution in [0, 0.1) is 5.92 Å². The van der Waals surface area contributed by atoms with E-state index in [-0.39, 0.29) is 11.8 Å². The van der Waals surface area contributed by atoms with E-state index >= 15 is 0 Å². The summed E-state index contributed by atoms with van der Waals surface area (Å²) in [6, 6.07) is 0. The van der Waals surface area contributed by atoms with Crippen molar-refractivity contribution in [2.45, 2.75) is 19.3 Å². The smallest absolute Gasteiger partial charge is 0.306 e. The Morgan fingerprint density at radius 1 is 1.11 bits per heavy atom. The molecule has 0 unspecified atom stereocenters. The highest BCUT2D eigenvalue weighted by atomic mass is 16.5. The first-order valence-electron chi connectivity index (χ1n) is 6.97. The third kappa shape index (κ3) is 4.18. The van der Waals surface area contributed by atoms with E-state index in [1.54, 1.807) is 4.90 Å². The molecule has 0 saturated carbocycles. The molecule has 0 atom stereocenters.